The number of hydrogen-bond donors (Lipinski definition) is 2. The first-order valence-corrected chi connectivity index (χ1v) is 6.96. The molecule has 0 aliphatic heterocycles. The van der Waals surface area contributed by atoms with E-state index in [0.717, 1.165) is 11.1 Å². The Hall–Kier alpha value is -2.60. The number of anilines is 1. The van der Waals surface area contributed by atoms with Crippen molar-refractivity contribution in [2.24, 2.45) is 0 Å². The molecule has 0 unspecified atom stereocenters. The van der Waals surface area contributed by atoms with Gasteiger partial charge in [-0.2, -0.15) is 0 Å². The van der Waals surface area contributed by atoms with Crippen LogP contribution in [0.4, 0.5) is 10.5 Å². The number of nitrogens with one attached hydrogen (secondary N) is 2. The quantitative estimate of drug-likeness (QED) is 0.753. The maximum absolute atomic E-state index is 11.9. The van der Waals surface area contributed by atoms with Gasteiger partial charge >= 0.3 is 6.09 Å². The van der Waals surface area contributed by atoms with Crippen LogP contribution in [0.3, 0.4) is 0 Å². The van der Waals surface area contributed by atoms with Crippen LogP contribution >= 0.6 is 11.6 Å². The number of ether oxygens (including phenoxy) is 1. The lowest BCUT2D eigenvalue weighted by Gasteiger charge is -2.07. The number of imidazole rings is 1. The van der Waals surface area contributed by atoms with E-state index in [9.17, 15) is 4.79 Å². The lowest BCUT2D eigenvalue weighted by molar-refractivity contribution is 0.168. The average Bonchev–Trinajstić information content (AvgIpc) is 2.97. The summed E-state index contributed by atoms with van der Waals surface area (Å²) in [7, 11) is 0. The molecule has 0 spiro atoms. The van der Waals surface area contributed by atoms with Crippen molar-refractivity contribution in [3.8, 4) is 11.4 Å². The van der Waals surface area contributed by atoms with E-state index in [1.165, 1.54) is 18.2 Å². The minimum absolute atomic E-state index is 0.218. The van der Waals surface area contributed by atoms with E-state index >= 15 is 0 Å². The number of rotatable bonds is 3. The third-order valence-electron chi connectivity index (χ3n) is 3.09. The number of aryl methyl sites for hydroxylation is 1. The third kappa shape index (κ3) is 3.27. The standard InChI is InChI=1S/C16H15ClN4O2/c1-3-23-16(22)19-10-4-5-12(17)11(7-10)14-20-13-6-9(2)8-18-15(13)21-14/h4-8H,3H2,1-2H3,(H,19,22)(H,18,20,21)/i1D3,3D2. The van der Waals surface area contributed by atoms with Crippen molar-refractivity contribution in [3.63, 3.8) is 0 Å². The summed E-state index contributed by atoms with van der Waals surface area (Å²) in [5.74, 6) is 0.424. The fourth-order valence-electron chi connectivity index (χ4n) is 2.11. The lowest BCUT2D eigenvalue weighted by Crippen LogP contribution is -2.13. The monoisotopic (exact) mass is 335 g/mol. The van der Waals surface area contributed by atoms with E-state index in [2.05, 4.69) is 25.0 Å². The summed E-state index contributed by atoms with van der Waals surface area (Å²) in [5, 5.41) is 2.64. The van der Waals surface area contributed by atoms with Crippen LogP contribution in [0.2, 0.25) is 5.02 Å². The number of H-pyrrole nitrogens is 1. The van der Waals surface area contributed by atoms with Gasteiger partial charge in [0, 0.05) is 21.6 Å². The zero-order valence-corrected chi connectivity index (χ0v) is 12.7. The number of benzene rings is 1. The van der Waals surface area contributed by atoms with Crippen LogP contribution < -0.4 is 5.32 Å². The van der Waals surface area contributed by atoms with Gasteiger partial charge in [0.05, 0.1) is 19.8 Å². The maximum Gasteiger partial charge on any atom is 0.411 e. The van der Waals surface area contributed by atoms with Gasteiger partial charge in [0.1, 0.15) is 5.82 Å². The first-order chi connectivity index (χ1) is 13.0. The Labute approximate surface area is 144 Å². The number of nitrogens with zero attached hydrogens (tertiary/aromatic N) is 2. The van der Waals surface area contributed by atoms with Gasteiger partial charge < -0.3 is 9.72 Å². The molecule has 0 saturated carbocycles. The molecule has 3 rings (SSSR count). The topological polar surface area (TPSA) is 79.9 Å². The number of aromatic nitrogens is 3. The fourth-order valence-corrected chi connectivity index (χ4v) is 2.31. The van der Waals surface area contributed by atoms with Crippen LogP contribution in [0.5, 0.6) is 0 Å². The highest BCUT2D eigenvalue weighted by atomic mass is 35.5. The van der Waals surface area contributed by atoms with Gasteiger partial charge in [0.25, 0.3) is 0 Å². The number of fused-ring (bicyclic) bond motifs is 1. The highest BCUT2D eigenvalue weighted by Gasteiger charge is 2.12. The van der Waals surface area contributed by atoms with E-state index in [0.29, 0.717) is 22.1 Å². The normalized spacial score (nSPS) is 15.1. The molecule has 1 aromatic carbocycles. The SMILES string of the molecule is [2H]C([2H])([2H])C([2H])([2H])OC(=O)Nc1ccc(Cl)c(-c2nc3ncc(C)cc3[nH]2)c1. The van der Waals surface area contributed by atoms with Gasteiger partial charge in [-0.05, 0) is 43.6 Å². The van der Waals surface area contributed by atoms with Crippen molar-refractivity contribution in [3.05, 3.63) is 41.0 Å². The Kier molecular flexibility index (Phi) is 2.78. The second-order valence-corrected chi connectivity index (χ2v) is 5.19. The number of pyridine rings is 1. The maximum atomic E-state index is 11.9. The first kappa shape index (κ1) is 10.2. The highest BCUT2D eigenvalue weighted by Crippen LogP contribution is 2.30. The molecule has 0 fully saturated rings. The molecule has 6 nitrogen and oxygen atoms in total. The van der Waals surface area contributed by atoms with Crippen LogP contribution in [0.25, 0.3) is 22.6 Å². The summed E-state index contributed by atoms with van der Waals surface area (Å²) in [6, 6.07) is 6.35. The minimum atomic E-state index is -3.13. The molecule has 0 aliphatic carbocycles. The van der Waals surface area contributed by atoms with Crippen molar-refractivity contribution in [2.45, 2.75) is 13.8 Å². The van der Waals surface area contributed by atoms with Crippen molar-refractivity contribution in [1.82, 2.24) is 15.0 Å². The van der Waals surface area contributed by atoms with Gasteiger partial charge in [0.2, 0.25) is 0 Å². The number of carbonyl (C=O) groups is 1. The molecule has 7 heteroatoms. The van der Waals surface area contributed by atoms with Crippen LogP contribution in [0.15, 0.2) is 30.5 Å². The molecule has 2 aromatic heterocycles. The van der Waals surface area contributed by atoms with E-state index in [4.69, 9.17) is 18.5 Å². The van der Waals surface area contributed by atoms with Gasteiger partial charge in [0.15, 0.2) is 5.65 Å². The molecular formula is C16H15ClN4O2. The zero-order chi connectivity index (χ0) is 20.7. The molecule has 118 valence electrons. The summed E-state index contributed by atoms with van der Waals surface area (Å²) in [5.41, 5.74) is 2.86. The second-order valence-electron chi connectivity index (χ2n) is 4.78. The van der Waals surface area contributed by atoms with Crippen LogP contribution in [-0.4, -0.2) is 27.6 Å². The fraction of sp³-hybridized carbons (Fsp3) is 0.188. The molecule has 1 amide bonds. The molecule has 3 aromatic rings. The number of aromatic amines is 1. The smallest absolute Gasteiger partial charge is 0.411 e. The summed E-state index contributed by atoms with van der Waals surface area (Å²) in [6.45, 7) is -4.35. The van der Waals surface area contributed by atoms with E-state index in [1.807, 2.05) is 13.0 Å². The number of hydrogen-bond acceptors (Lipinski definition) is 4. The van der Waals surface area contributed by atoms with Crippen molar-refractivity contribution in [2.75, 3.05) is 11.9 Å². The van der Waals surface area contributed by atoms with Crippen molar-refractivity contribution < 1.29 is 16.4 Å². The molecule has 0 radical (unpaired) electrons. The average molecular weight is 336 g/mol. The summed E-state index contributed by atoms with van der Waals surface area (Å²) >= 11 is 6.23. The number of carbonyl (C=O) groups excluding carboxylic acids is 1. The Morgan fingerprint density at radius 1 is 1.52 bits per heavy atom. The summed E-state index contributed by atoms with van der Waals surface area (Å²) < 4.78 is 40.3. The van der Waals surface area contributed by atoms with Crippen LogP contribution in [-0.2, 0) is 4.74 Å². The molecule has 2 heterocycles. The molecule has 2 N–H and O–H groups in total. The molecule has 0 aliphatic rings. The van der Waals surface area contributed by atoms with Gasteiger partial charge in [-0.3, -0.25) is 5.32 Å². The van der Waals surface area contributed by atoms with Crippen molar-refractivity contribution >= 4 is 34.5 Å². The zero-order valence-electron chi connectivity index (χ0n) is 17.0. The highest BCUT2D eigenvalue weighted by molar-refractivity contribution is 6.33. The Bertz CT molecular complexity index is 1050. The van der Waals surface area contributed by atoms with Crippen LogP contribution in [0.1, 0.15) is 19.3 Å². The molecule has 0 atom stereocenters. The summed E-state index contributed by atoms with van der Waals surface area (Å²) in [4.78, 5) is 23.6. The first-order valence-electron chi connectivity index (χ1n) is 9.08. The van der Waals surface area contributed by atoms with Crippen molar-refractivity contribution in [1.29, 1.82) is 0 Å². The molecular weight excluding hydrogens is 316 g/mol. The van der Waals surface area contributed by atoms with E-state index < -0.39 is 19.5 Å². The number of halogens is 1. The third-order valence-corrected chi connectivity index (χ3v) is 3.42. The minimum Gasteiger partial charge on any atom is -0.450 e. The van der Waals surface area contributed by atoms with Crippen LogP contribution in [0, 0.1) is 6.92 Å². The lowest BCUT2D eigenvalue weighted by atomic mass is 10.2. The van der Waals surface area contributed by atoms with E-state index in [-0.39, 0.29) is 5.69 Å². The summed E-state index contributed by atoms with van der Waals surface area (Å²) in [6.07, 6.45) is 0.429. The second kappa shape index (κ2) is 6.26. The Morgan fingerprint density at radius 3 is 3.22 bits per heavy atom. The van der Waals surface area contributed by atoms with Gasteiger partial charge in [-0.1, -0.05) is 11.6 Å². The predicted molar refractivity (Wildman–Crippen MR) is 89.7 cm³/mol. The Morgan fingerprint density at radius 2 is 2.39 bits per heavy atom. The Balaban J connectivity index is 1.86. The number of amides is 1. The molecule has 0 bridgehead atoms. The predicted octanol–water partition coefficient (Wildman–Crippen LogP) is 4.16. The van der Waals surface area contributed by atoms with E-state index in [1.54, 1.807) is 6.20 Å². The largest absolute Gasteiger partial charge is 0.450 e. The molecule has 23 heavy (non-hydrogen) atoms. The molecule has 0 saturated heterocycles. The van der Waals surface area contributed by atoms with Gasteiger partial charge in [-0.25, -0.2) is 14.8 Å². The van der Waals surface area contributed by atoms with Gasteiger partial charge in [-0.15, -0.1) is 0 Å².